The van der Waals surface area contributed by atoms with Crippen LogP contribution in [0.1, 0.15) is 31.8 Å². The molecule has 0 saturated carbocycles. The molecule has 22 heavy (non-hydrogen) atoms. The smallest absolute Gasteiger partial charge is 0.393 e. The fourth-order valence-corrected chi connectivity index (χ4v) is 1.91. The van der Waals surface area contributed by atoms with Crippen molar-refractivity contribution in [2.75, 3.05) is 0 Å². The molecule has 122 valence electrons. The summed E-state index contributed by atoms with van der Waals surface area (Å²) in [6.45, 7) is 0. The van der Waals surface area contributed by atoms with Crippen LogP contribution in [0.15, 0.2) is 12.1 Å². The third kappa shape index (κ3) is 4.64. The standard InChI is InChI=1S/C12H8F6O4/c13-11(14,15)3-5-1-2-6(9(19)20)7(4-12(16,17)18)8(5)10(21)22/h1-2H,3-4H2,(H,19,20)(H,21,22). The Bertz CT molecular complexity index is 603. The molecule has 1 aromatic rings. The van der Waals surface area contributed by atoms with Gasteiger partial charge in [-0.3, -0.25) is 0 Å². The average molecular weight is 330 g/mol. The van der Waals surface area contributed by atoms with Crippen molar-refractivity contribution in [1.29, 1.82) is 0 Å². The van der Waals surface area contributed by atoms with Crippen LogP contribution in [0.25, 0.3) is 0 Å². The quantitative estimate of drug-likeness (QED) is 0.831. The molecule has 2 N–H and O–H groups in total. The second-order valence-corrected chi connectivity index (χ2v) is 4.32. The second kappa shape index (κ2) is 5.85. The highest BCUT2D eigenvalue weighted by Crippen LogP contribution is 2.31. The average Bonchev–Trinajstić information content (AvgIpc) is 2.23. The molecule has 0 aromatic heterocycles. The van der Waals surface area contributed by atoms with Crippen molar-refractivity contribution in [1.82, 2.24) is 0 Å². The Labute approximate surface area is 119 Å². The molecule has 0 spiro atoms. The normalized spacial score (nSPS) is 12.3. The number of hydrogen-bond donors (Lipinski definition) is 2. The van der Waals surface area contributed by atoms with E-state index in [0.717, 1.165) is 0 Å². The van der Waals surface area contributed by atoms with E-state index in [-0.39, 0.29) is 0 Å². The van der Waals surface area contributed by atoms with Gasteiger partial charge >= 0.3 is 24.3 Å². The number of halogens is 6. The van der Waals surface area contributed by atoms with Gasteiger partial charge in [-0.2, -0.15) is 26.3 Å². The van der Waals surface area contributed by atoms with Crippen LogP contribution in [-0.2, 0) is 12.8 Å². The summed E-state index contributed by atoms with van der Waals surface area (Å²) in [5, 5.41) is 17.7. The van der Waals surface area contributed by atoms with Gasteiger partial charge in [0.15, 0.2) is 0 Å². The van der Waals surface area contributed by atoms with E-state index in [2.05, 4.69) is 0 Å². The number of carboxylic acids is 2. The van der Waals surface area contributed by atoms with Crippen molar-refractivity contribution < 1.29 is 46.1 Å². The molecule has 0 fully saturated rings. The molecule has 0 atom stereocenters. The highest BCUT2D eigenvalue weighted by atomic mass is 19.4. The first kappa shape index (κ1) is 17.8. The minimum atomic E-state index is -4.98. The summed E-state index contributed by atoms with van der Waals surface area (Å²) >= 11 is 0. The van der Waals surface area contributed by atoms with Gasteiger partial charge < -0.3 is 10.2 Å². The van der Waals surface area contributed by atoms with E-state index in [1.165, 1.54) is 0 Å². The number of aromatic carboxylic acids is 2. The maximum atomic E-state index is 12.5. The van der Waals surface area contributed by atoms with Crippen LogP contribution >= 0.6 is 0 Å². The molecule has 0 unspecified atom stereocenters. The molecule has 1 aromatic carbocycles. The van der Waals surface area contributed by atoms with Gasteiger partial charge in [-0.15, -0.1) is 0 Å². The van der Waals surface area contributed by atoms with Crippen molar-refractivity contribution in [3.05, 3.63) is 34.4 Å². The van der Waals surface area contributed by atoms with Gasteiger partial charge in [0.25, 0.3) is 0 Å². The van der Waals surface area contributed by atoms with Gasteiger partial charge in [0.2, 0.25) is 0 Å². The molecule has 10 heteroatoms. The molecule has 0 bridgehead atoms. The summed E-state index contributed by atoms with van der Waals surface area (Å²) in [6, 6.07) is 1.09. The Morgan fingerprint density at radius 2 is 1.36 bits per heavy atom. The highest BCUT2D eigenvalue weighted by Gasteiger charge is 2.36. The zero-order valence-electron chi connectivity index (χ0n) is 10.5. The third-order valence-electron chi connectivity index (χ3n) is 2.61. The first-order chi connectivity index (χ1) is 9.82. The Morgan fingerprint density at radius 1 is 0.864 bits per heavy atom. The van der Waals surface area contributed by atoms with Gasteiger partial charge in [-0.05, 0) is 17.2 Å². The fraction of sp³-hybridized carbons (Fsp3) is 0.333. The van der Waals surface area contributed by atoms with E-state index in [9.17, 15) is 35.9 Å². The van der Waals surface area contributed by atoms with Crippen molar-refractivity contribution in [3.63, 3.8) is 0 Å². The predicted molar refractivity (Wildman–Crippen MR) is 59.9 cm³/mol. The topological polar surface area (TPSA) is 74.6 Å². The number of carboxylic acid groups (broad SMARTS) is 2. The van der Waals surface area contributed by atoms with Crippen LogP contribution in [0.3, 0.4) is 0 Å². The first-order valence-corrected chi connectivity index (χ1v) is 5.56. The zero-order chi connectivity index (χ0) is 17.3. The summed E-state index contributed by atoms with van der Waals surface area (Å²) in [5.41, 5.74) is -4.41. The highest BCUT2D eigenvalue weighted by molar-refractivity contribution is 5.97. The second-order valence-electron chi connectivity index (χ2n) is 4.32. The van der Waals surface area contributed by atoms with E-state index in [1.54, 1.807) is 0 Å². The lowest BCUT2D eigenvalue weighted by Gasteiger charge is -2.17. The number of benzene rings is 1. The molecular weight excluding hydrogens is 322 g/mol. The fourth-order valence-electron chi connectivity index (χ4n) is 1.91. The van der Waals surface area contributed by atoms with Crippen molar-refractivity contribution in [3.8, 4) is 0 Å². The van der Waals surface area contributed by atoms with Gasteiger partial charge in [0, 0.05) is 0 Å². The van der Waals surface area contributed by atoms with Crippen molar-refractivity contribution in [2.24, 2.45) is 0 Å². The summed E-state index contributed by atoms with van der Waals surface area (Å²) < 4.78 is 74.6. The van der Waals surface area contributed by atoms with Crippen LogP contribution in [0.2, 0.25) is 0 Å². The maximum Gasteiger partial charge on any atom is 0.393 e. The summed E-state index contributed by atoms with van der Waals surface area (Å²) in [6.07, 6.45) is -13.6. The van der Waals surface area contributed by atoms with E-state index in [4.69, 9.17) is 10.2 Å². The Balaban J connectivity index is 3.61. The minimum Gasteiger partial charge on any atom is -0.478 e. The van der Waals surface area contributed by atoms with E-state index in [1.807, 2.05) is 0 Å². The maximum absolute atomic E-state index is 12.5. The minimum absolute atomic E-state index is 0.539. The number of alkyl halides is 6. The zero-order valence-corrected chi connectivity index (χ0v) is 10.5. The number of hydrogen-bond acceptors (Lipinski definition) is 2. The van der Waals surface area contributed by atoms with E-state index < -0.39 is 59.4 Å². The Hall–Kier alpha value is -2.26. The molecule has 0 saturated heterocycles. The molecule has 0 aliphatic carbocycles. The lowest BCUT2D eigenvalue weighted by atomic mass is 9.92. The lowest BCUT2D eigenvalue weighted by molar-refractivity contribution is -0.127. The van der Waals surface area contributed by atoms with E-state index in [0.29, 0.717) is 12.1 Å². The van der Waals surface area contributed by atoms with E-state index >= 15 is 0 Å². The van der Waals surface area contributed by atoms with Crippen LogP contribution in [0.4, 0.5) is 26.3 Å². The van der Waals surface area contributed by atoms with Crippen molar-refractivity contribution >= 4 is 11.9 Å². The molecule has 0 amide bonds. The number of rotatable bonds is 4. The van der Waals surface area contributed by atoms with Crippen LogP contribution in [-0.4, -0.2) is 34.5 Å². The third-order valence-corrected chi connectivity index (χ3v) is 2.61. The first-order valence-electron chi connectivity index (χ1n) is 5.56. The monoisotopic (exact) mass is 330 g/mol. The van der Waals surface area contributed by atoms with Crippen LogP contribution in [0, 0.1) is 0 Å². The van der Waals surface area contributed by atoms with Crippen molar-refractivity contribution in [2.45, 2.75) is 25.2 Å². The predicted octanol–water partition coefficient (Wildman–Crippen LogP) is 3.29. The molecule has 0 aliphatic rings. The van der Waals surface area contributed by atoms with Gasteiger partial charge in [-0.25, -0.2) is 9.59 Å². The molecule has 0 radical (unpaired) electrons. The van der Waals surface area contributed by atoms with Crippen LogP contribution in [0.5, 0.6) is 0 Å². The van der Waals surface area contributed by atoms with Gasteiger partial charge in [0.05, 0.1) is 24.0 Å². The molecule has 4 nitrogen and oxygen atoms in total. The lowest BCUT2D eigenvalue weighted by Crippen LogP contribution is -2.22. The molecule has 0 aliphatic heterocycles. The summed E-state index contributed by atoms with van der Waals surface area (Å²) in [7, 11) is 0. The van der Waals surface area contributed by atoms with Gasteiger partial charge in [-0.1, -0.05) is 6.07 Å². The van der Waals surface area contributed by atoms with Gasteiger partial charge in [0.1, 0.15) is 0 Å². The summed E-state index contributed by atoms with van der Waals surface area (Å²) in [5.74, 6) is -3.91. The molecular formula is C12H8F6O4. The summed E-state index contributed by atoms with van der Waals surface area (Å²) in [4.78, 5) is 22.0. The SMILES string of the molecule is O=C(O)c1ccc(CC(F)(F)F)c(C(=O)O)c1CC(F)(F)F. The van der Waals surface area contributed by atoms with Crippen LogP contribution < -0.4 is 0 Å². The molecule has 0 heterocycles. The Kier molecular flexibility index (Phi) is 4.73. The number of carbonyl (C=O) groups is 2. The largest absolute Gasteiger partial charge is 0.478 e. The molecule has 1 rings (SSSR count). The Morgan fingerprint density at radius 3 is 1.73 bits per heavy atom.